The Morgan fingerprint density at radius 2 is 1.25 bits per heavy atom. The molecule has 0 N–H and O–H groups in total. The average Bonchev–Trinajstić information content (AvgIpc) is 0.918. The van der Waals surface area contributed by atoms with Crippen LogP contribution in [0, 0.1) is 0 Å². The van der Waals surface area contributed by atoms with E-state index in [1.54, 1.807) is 0 Å². The molecule has 0 saturated heterocycles. The van der Waals surface area contributed by atoms with Gasteiger partial charge in [-0.3, -0.25) is 0 Å². The van der Waals surface area contributed by atoms with E-state index in [9.17, 15) is 0 Å². The molecule has 0 amide bonds. The molecule has 0 heterocycles. The molecule has 0 bridgehead atoms. The Bertz CT molecular complexity index is 6.00. The van der Waals surface area contributed by atoms with Crippen molar-refractivity contribution >= 4 is 63.0 Å². The fourth-order valence-electron chi connectivity index (χ4n) is 0. The average molecular weight is 123 g/mol. The Hall–Kier alpha value is 2.11. The van der Waals surface area contributed by atoms with Gasteiger partial charge in [-0.1, -0.05) is 0 Å². The Morgan fingerprint density at radius 1 is 1.25 bits per heavy atom. The molecule has 0 aliphatic carbocycles. The first-order valence-electron chi connectivity index (χ1n) is 0.535. The van der Waals surface area contributed by atoms with Gasteiger partial charge in [-0.25, -0.2) is 20.1 Å². The first kappa shape index (κ1) is 9.45. The van der Waals surface area contributed by atoms with E-state index in [4.69, 9.17) is 20.1 Å². The van der Waals surface area contributed by atoms with Crippen molar-refractivity contribution in [1.29, 1.82) is 0 Å². The number of rotatable bonds is 0. The van der Waals surface area contributed by atoms with E-state index in [-0.39, 0.29) is 29.6 Å². The molecule has 0 unspecified atom stereocenters. The Balaban J connectivity index is 0. The Kier molecular flexibility index (Phi) is 21.1. The van der Waals surface area contributed by atoms with Crippen LogP contribution < -0.4 is 0 Å². The third-order valence-electron chi connectivity index (χ3n) is 0. The molecule has 20 valence electrons. The molecule has 4 heavy (non-hydrogen) atoms. The minimum atomic E-state index is -0.639. The summed E-state index contributed by atoms with van der Waals surface area (Å²) in [7, 11) is 9.81. The second-order valence-electron chi connectivity index (χ2n) is 0.101. The van der Waals surface area contributed by atoms with Crippen molar-refractivity contribution < 1.29 is 0 Å². The summed E-state index contributed by atoms with van der Waals surface area (Å²) in [6.07, 6.45) is 0. The SMILES string of the molecule is [Cl][AlH][Cl].[NaH]. The van der Waals surface area contributed by atoms with Crippen LogP contribution in [0.1, 0.15) is 0 Å². The van der Waals surface area contributed by atoms with Crippen molar-refractivity contribution in [3.8, 4) is 0 Å². The molecule has 0 saturated carbocycles. The molecule has 0 aliphatic heterocycles. The zero-order chi connectivity index (χ0) is 2.71. The Morgan fingerprint density at radius 3 is 1.25 bits per heavy atom. The number of hydrogen-bond acceptors (Lipinski definition) is 0. The minimum absolute atomic E-state index is 0. The fraction of sp³-hybridized carbons (Fsp3) is 0. The molecular weight excluding hydrogens is 121 g/mol. The van der Waals surface area contributed by atoms with E-state index in [0.29, 0.717) is 0 Å². The zero-order valence-corrected chi connectivity index (χ0v) is 4.39. The van der Waals surface area contributed by atoms with E-state index < -0.39 is 13.4 Å². The van der Waals surface area contributed by atoms with Gasteiger partial charge in [0.2, 0.25) is 0 Å². The second-order valence-corrected chi connectivity index (χ2v) is 2.73. The normalized spacial score (nSPS) is 3.50. The molecule has 4 heteroatoms. The van der Waals surface area contributed by atoms with Crippen molar-refractivity contribution in [3.63, 3.8) is 0 Å². The maximum absolute atomic E-state index is 4.90. The van der Waals surface area contributed by atoms with Crippen molar-refractivity contribution in [2.75, 3.05) is 0 Å². The van der Waals surface area contributed by atoms with Crippen molar-refractivity contribution in [2.24, 2.45) is 0 Å². The standard InChI is InChI=1S/Al.2ClH.Na.2H/h;2*1H;;;/q+2;;;;;/p-2. The summed E-state index contributed by atoms with van der Waals surface area (Å²) >= 11 is -0.639. The van der Waals surface area contributed by atoms with Gasteiger partial charge in [-0.2, -0.15) is 0 Å². The molecule has 0 fully saturated rings. The topological polar surface area (TPSA) is 0 Å². The summed E-state index contributed by atoms with van der Waals surface area (Å²) in [5, 5.41) is 0. The zero-order valence-electron chi connectivity index (χ0n) is 1.46. The van der Waals surface area contributed by atoms with E-state index in [2.05, 4.69) is 0 Å². The predicted octanol–water partition coefficient (Wildman–Crippen LogP) is 0.0820. The van der Waals surface area contributed by atoms with Crippen LogP contribution in [0.15, 0.2) is 0 Å². The van der Waals surface area contributed by atoms with Gasteiger partial charge in [-0.15, -0.1) is 0 Å². The molecule has 0 aromatic heterocycles. The van der Waals surface area contributed by atoms with E-state index in [0.717, 1.165) is 0 Å². The van der Waals surface area contributed by atoms with E-state index in [1.807, 2.05) is 0 Å². The van der Waals surface area contributed by atoms with Gasteiger partial charge < -0.3 is 0 Å². The third kappa shape index (κ3) is 8.93. The number of halogens is 2. The van der Waals surface area contributed by atoms with Crippen LogP contribution in [0.4, 0.5) is 0 Å². The van der Waals surface area contributed by atoms with Crippen molar-refractivity contribution in [3.05, 3.63) is 0 Å². The molecule has 0 aromatic rings. The number of hydrogen-bond donors (Lipinski definition) is 0. The van der Waals surface area contributed by atoms with Gasteiger partial charge >= 0.3 is 42.9 Å². The van der Waals surface area contributed by atoms with Crippen molar-refractivity contribution in [1.82, 2.24) is 0 Å². The van der Waals surface area contributed by atoms with Crippen LogP contribution in [-0.4, -0.2) is 42.9 Å². The quantitative estimate of drug-likeness (QED) is 0.400. The van der Waals surface area contributed by atoms with Gasteiger partial charge in [0.15, 0.2) is 0 Å². The second kappa shape index (κ2) is 8.93. The van der Waals surface area contributed by atoms with Crippen LogP contribution in [0.2, 0.25) is 0 Å². The van der Waals surface area contributed by atoms with Gasteiger partial charge in [0.1, 0.15) is 0 Å². The van der Waals surface area contributed by atoms with Crippen molar-refractivity contribution in [2.45, 2.75) is 0 Å². The summed E-state index contributed by atoms with van der Waals surface area (Å²) in [5.41, 5.74) is 0. The third-order valence-corrected chi connectivity index (χ3v) is 0. The molecule has 0 spiro atoms. The Labute approximate surface area is 62.3 Å². The molecule has 0 rings (SSSR count). The molecular formula is H2AlCl2Na. The van der Waals surface area contributed by atoms with Crippen LogP contribution in [-0.2, 0) is 0 Å². The summed E-state index contributed by atoms with van der Waals surface area (Å²) in [4.78, 5) is 0. The van der Waals surface area contributed by atoms with E-state index >= 15 is 0 Å². The van der Waals surface area contributed by atoms with Gasteiger partial charge in [-0.05, 0) is 0 Å². The van der Waals surface area contributed by atoms with E-state index in [1.165, 1.54) is 0 Å². The first-order chi connectivity index (χ1) is 1.41. The first-order valence-corrected chi connectivity index (χ1v) is 4.81. The van der Waals surface area contributed by atoms with Gasteiger partial charge in [0.25, 0.3) is 0 Å². The molecule has 0 atom stereocenters. The summed E-state index contributed by atoms with van der Waals surface area (Å²) in [6, 6.07) is 0. The molecule has 0 aliphatic rings. The monoisotopic (exact) mass is 122 g/mol. The molecule has 0 radical (unpaired) electrons. The van der Waals surface area contributed by atoms with Crippen LogP contribution in [0.5, 0.6) is 0 Å². The van der Waals surface area contributed by atoms with Crippen LogP contribution in [0.3, 0.4) is 0 Å². The van der Waals surface area contributed by atoms with Crippen LogP contribution in [0.25, 0.3) is 0 Å². The fourth-order valence-corrected chi connectivity index (χ4v) is 0. The maximum atomic E-state index is 4.90. The predicted molar refractivity (Wildman–Crippen MR) is 26.0 cm³/mol. The molecule has 0 aromatic carbocycles. The summed E-state index contributed by atoms with van der Waals surface area (Å²) in [5.74, 6) is 0. The van der Waals surface area contributed by atoms with Crippen LogP contribution >= 0.6 is 20.1 Å². The summed E-state index contributed by atoms with van der Waals surface area (Å²) in [6.45, 7) is 0. The van der Waals surface area contributed by atoms with Gasteiger partial charge in [0.05, 0.1) is 0 Å². The van der Waals surface area contributed by atoms with Gasteiger partial charge in [0, 0.05) is 0 Å². The summed E-state index contributed by atoms with van der Waals surface area (Å²) < 4.78 is 0. The molecule has 0 nitrogen and oxygen atoms in total.